The van der Waals surface area contributed by atoms with E-state index < -0.39 is 5.60 Å². The molecule has 1 aromatic heterocycles. The number of benzene rings is 1. The summed E-state index contributed by atoms with van der Waals surface area (Å²) in [5.41, 5.74) is 1.41. The lowest BCUT2D eigenvalue weighted by Crippen LogP contribution is -2.42. The van der Waals surface area contributed by atoms with Crippen LogP contribution in [0.15, 0.2) is 36.5 Å². The van der Waals surface area contributed by atoms with Crippen molar-refractivity contribution in [2.24, 2.45) is 7.05 Å². The van der Waals surface area contributed by atoms with E-state index >= 15 is 0 Å². The van der Waals surface area contributed by atoms with Gasteiger partial charge in [0.2, 0.25) is 5.91 Å². The van der Waals surface area contributed by atoms with E-state index in [2.05, 4.69) is 11.4 Å². The summed E-state index contributed by atoms with van der Waals surface area (Å²) in [5, 5.41) is 14.1. The zero-order valence-electron chi connectivity index (χ0n) is 12.6. The number of aryl methyl sites for hydroxylation is 1. The first kappa shape index (κ1) is 15.2. The molecular formula is C17H20N2O2S. The molecule has 0 aliphatic carbocycles. The number of hydrogen-bond donors (Lipinski definition) is 2. The molecular weight excluding hydrogens is 296 g/mol. The number of amides is 1. The highest BCUT2D eigenvalue weighted by Gasteiger charge is 2.31. The second-order valence-corrected chi connectivity index (χ2v) is 6.90. The van der Waals surface area contributed by atoms with Crippen LogP contribution in [-0.4, -0.2) is 39.2 Å². The third-order valence-electron chi connectivity index (χ3n) is 4.02. The quantitative estimate of drug-likeness (QED) is 0.850. The molecule has 3 rings (SSSR count). The van der Waals surface area contributed by atoms with Gasteiger partial charge in [-0.2, -0.15) is 11.8 Å². The molecule has 2 N–H and O–H groups in total. The summed E-state index contributed by atoms with van der Waals surface area (Å²) >= 11 is 1.73. The van der Waals surface area contributed by atoms with Crippen LogP contribution in [0.1, 0.15) is 12.0 Å². The Bertz CT molecular complexity index is 715. The zero-order chi connectivity index (χ0) is 15.6. The fraction of sp³-hybridized carbons (Fsp3) is 0.353. The van der Waals surface area contributed by atoms with Crippen molar-refractivity contribution in [1.82, 2.24) is 9.88 Å². The number of nitrogens with zero attached hydrogens (tertiary/aromatic N) is 1. The lowest BCUT2D eigenvalue weighted by atomic mass is 10.0. The van der Waals surface area contributed by atoms with Crippen molar-refractivity contribution >= 4 is 34.6 Å². The Morgan fingerprint density at radius 3 is 3.09 bits per heavy atom. The average Bonchev–Trinajstić information content (AvgIpc) is 3.09. The maximum atomic E-state index is 11.9. The van der Waals surface area contributed by atoms with Crippen molar-refractivity contribution in [3.63, 3.8) is 0 Å². The Hall–Kier alpha value is -1.72. The zero-order valence-corrected chi connectivity index (χ0v) is 13.4. The van der Waals surface area contributed by atoms with E-state index in [1.807, 2.05) is 42.1 Å². The summed E-state index contributed by atoms with van der Waals surface area (Å²) in [7, 11) is 1.99. The lowest BCUT2D eigenvalue weighted by Gasteiger charge is -2.20. The van der Waals surface area contributed by atoms with E-state index in [0.29, 0.717) is 12.3 Å². The summed E-state index contributed by atoms with van der Waals surface area (Å²) in [5.74, 6) is 1.48. The Morgan fingerprint density at radius 1 is 1.50 bits per heavy atom. The number of nitrogens with one attached hydrogen (secondary N) is 1. The SMILES string of the molecule is Cn1cc(C=CC(=O)NCC2(O)CCSC2)c2ccccc21. The smallest absolute Gasteiger partial charge is 0.244 e. The molecule has 2 heterocycles. The molecule has 1 aliphatic rings. The van der Waals surface area contributed by atoms with Crippen LogP contribution < -0.4 is 5.32 Å². The Morgan fingerprint density at radius 2 is 2.32 bits per heavy atom. The van der Waals surface area contributed by atoms with Crippen molar-refractivity contribution in [2.75, 3.05) is 18.1 Å². The van der Waals surface area contributed by atoms with Crippen LogP contribution in [-0.2, 0) is 11.8 Å². The van der Waals surface area contributed by atoms with E-state index in [-0.39, 0.29) is 5.91 Å². The van der Waals surface area contributed by atoms with E-state index in [9.17, 15) is 9.90 Å². The molecule has 1 aromatic carbocycles. The van der Waals surface area contributed by atoms with Gasteiger partial charge in [0.05, 0.1) is 5.60 Å². The van der Waals surface area contributed by atoms with Gasteiger partial charge in [-0.25, -0.2) is 0 Å². The Labute approximate surface area is 134 Å². The molecule has 0 radical (unpaired) electrons. The number of fused-ring (bicyclic) bond motifs is 1. The van der Waals surface area contributed by atoms with Crippen LogP contribution in [0.2, 0.25) is 0 Å². The van der Waals surface area contributed by atoms with Crippen molar-refractivity contribution in [3.05, 3.63) is 42.1 Å². The number of aromatic nitrogens is 1. The van der Waals surface area contributed by atoms with Gasteiger partial charge in [-0.3, -0.25) is 4.79 Å². The Kier molecular flexibility index (Phi) is 4.27. The topological polar surface area (TPSA) is 54.3 Å². The molecule has 1 atom stereocenters. The standard InChI is InChI=1S/C17H20N2O2S/c1-19-10-13(14-4-2-3-5-15(14)19)6-7-16(20)18-11-17(21)8-9-22-12-17/h2-7,10,21H,8-9,11-12H2,1H3,(H,18,20). The van der Waals surface area contributed by atoms with Crippen LogP contribution in [0, 0.1) is 0 Å². The van der Waals surface area contributed by atoms with Crippen molar-refractivity contribution in [2.45, 2.75) is 12.0 Å². The average molecular weight is 316 g/mol. The minimum absolute atomic E-state index is 0.168. The molecule has 1 saturated heterocycles. The molecule has 0 spiro atoms. The predicted molar refractivity (Wildman–Crippen MR) is 91.9 cm³/mol. The highest BCUT2D eigenvalue weighted by atomic mass is 32.2. The van der Waals surface area contributed by atoms with Crippen molar-refractivity contribution in [1.29, 1.82) is 0 Å². The lowest BCUT2D eigenvalue weighted by molar-refractivity contribution is -0.117. The molecule has 1 fully saturated rings. The second kappa shape index (κ2) is 6.18. The van der Waals surface area contributed by atoms with Crippen LogP contribution >= 0.6 is 11.8 Å². The molecule has 0 saturated carbocycles. The number of carbonyl (C=O) groups excluding carboxylic acids is 1. The van der Waals surface area contributed by atoms with Crippen molar-refractivity contribution in [3.8, 4) is 0 Å². The van der Waals surface area contributed by atoms with Gasteiger partial charge in [-0.1, -0.05) is 18.2 Å². The highest BCUT2D eigenvalue weighted by Crippen LogP contribution is 2.27. The van der Waals surface area contributed by atoms with Gasteiger partial charge >= 0.3 is 0 Å². The van der Waals surface area contributed by atoms with Gasteiger partial charge < -0.3 is 15.0 Å². The van der Waals surface area contributed by atoms with E-state index in [1.165, 1.54) is 6.08 Å². The summed E-state index contributed by atoms with van der Waals surface area (Å²) in [6, 6.07) is 8.10. The first-order valence-electron chi connectivity index (χ1n) is 7.38. The fourth-order valence-electron chi connectivity index (χ4n) is 2.72. The number of thioether (sulfide) groups is 1. The van der Waals surface area contributed by atoms with Gasteiger partial charge in [0, 0.05) is 48.1 Å². The number of hydrogen-bond acceptors (Lipinski definition) is 3. The first-order chi connectivity index (χ1) is 10.6. The molecule has 2 aromatic rings. The van der Waals surface area contributed by atoms with E-state index in [1.54, 1.807) is 11.8 Å². The normalized spacial score (nSPS) is 21.7. The van der Waals surface area contributed by atoms with Gasteiger partial charge in [-0.15, -0.1) is 0 Å². The molecule has 116 valence electrons. The van der Waals surface area contributed by atoms with Crippen LogP contribution in [0.5, 0.6) is 0 Å². The first-order valence-corrected chi connectivity index (χ1v) is 8.53. The van der Waals surface area contributed by atoms with Crippen LogP contribution in [0.4, 0.5) is 0 Å². The summed E-state index contributed by atoms with van der Waals surface area (Å²) in [6.07, 6.45) is 6.11. The maximum Gasteiger partial charge on any atom is 0.244 e. The minimum atomic E-state index is -0.742. The molecule has 1 aliphatic heterocycles. The van der Waals surface area contributed by atoms with E-state index in [0.717, 1.165) is 28.6 Å². The van der Waals surface area contributed by atoms with Gasteiger partial charge in [-0.05, 0) is 24.3 Å². The third kappa shape index (κ3) is 3.20. The highest BCUT2D eigenvalue weighted by molar-refractivity contribution is 7.99. The minimum Gasteiger partial charge on any atom is -0.387 e. The van der Waals surface area contributed by atoms with Crippen LogP contribution in [0.25, 0.3) is 17.0 Å². The molecule has 22 heavy (non-hydrogen) atoms. The summed E-state index contributed by atoms with van der Waals surface area (Å²) in [6.45, 7) is 0.318. The predicted octanol–water partition coefficient (Wildman–Crippen LogP) is 2.18. The molecule has 0 bridgehead atoms. The monoisotopic (exact) mass is 316 g/mol. The Balaban J connectivity index is 1.66. The number of carbonyl (C=O) groups is 1. The molecule has 1 unspecified atom stereocenters. The summed E-state index contributed by atoms with van der Waals surface area (Å²) in [4.78, 5) is 11.9. The molecule has 4 nitrogen and oxygen atoms in total. The third-order valence-corrected chi connectivity index (χ3v) is 5.25. The van der Waals surface area contributed by atoms with E-state index in [4.69, 9.17) is 0 Å². The molecule has 1 amide bonds. The number of rotatable bonds is 4. The van der Waals surface area contributed by atoms with Crippen molar-refractivity contribution < 1.29 is 9.90 Å². The number of para-hydroxylation sites is 1. The number of aliphatic hydroxyl groups is 1. The van der Waals surface area contributed by atoms with Crippen LogP contribution in [0.3, 0.4) is 0 Å². The maximum absolute atomic E-state index is 11.9. The van der Waals surface area contributed by atoms with Gasteiger partial charge in [0.1, 0.15) is 0 Å². The van der Waals surface area contributed by atoms with Gasteiger partial charge in [0.15, 0.2) is 0 Å². The second-order valence-electron chi connectivity index (χ2n) is 5.79. The fourth-order valence-corrected chi connectivity index (χ4v) is 4.01. The largest absolute Gasteiger partial charge is 0.387 e. The summed E-state index contributed by atoms with van der Waals surface area (Å²) < 4.78 is 2.05. The van der Waals surface area contributed by atoms with Gasteiger partial charge in [0.25, 0.3) is 0 Å². The molecule has 5 heteroatoms.